The minimum Gasteiger partial charge on any atom is -0.494 e. The van der Waals surface area contributed by atoms with Crippen LogP contribution >= 0.6 is 0 Å². The maximum atomic E-state index is 12.2. The van der Waals surface area contributed by atoms with Gasteiger partial charge in [-0.2, -0.15) is 0 Å². The van der Waals surface area contributed by atoms with Crippen LogP contribution in [-0.2, 0) is 4.79 Å². The van der Waals surface area contributed by atoms with Crippen molar-refractivity contribution in [2.75, 3.05) is 18.5 Å². The minimum atomic E-state index is 0.129. The molecule has 1 fully saturated rings. The summed E-state index contributed by atoms with van der Waals surface area (Å²) in [6, 6.07) is 7.53. The molecule has 0 radical (unpaired) electrons. The zero-order chi connectivity index (χ0) is 14.4. The third-order valence-corrected chi connectivity index (χ3v) is 3.98. The van der Waals surface area contributed by atoms with E-state index < -0.39 is 0 Å². The number of amides is 1. The van der Waals surface area contributed by atoms with Crippen LogP contribution in [0.5, 0.6) is 5.75 Å². The van der Waals surface area contributed by atoms with Gasteiger partial charge in [0.1, 0.15) is 5.75 Å². The number of carbonyl (C=O) groups is 1. The fourth-order valence-corrected chi connectivity index (χ4v) is 2.71. The molecule has 1 saturated carbocycles. The van der Waals surface area contributed by atoms with E-state index in [1.165, 1.54) is 0 Å². The number of hydrogen-bond donors (Lipinski definition) is 2. The Morgan fingerprint density at radius 2 is 1.90 bits per heavy atom. The first kappa shape index (κ1) is 14.9. The molecule has 20 heavy (non-hydrogen) atoms. The Hall–Kier alpha value is -1.55. The third kappa shape index (κ3) is 3.97. The lowest BCUT2D eigenvalue weighted by Gasteiger charge is -2.26. The standard InChI is InChI=1S/C16H24N2O2/c1-2-20-15-9-7-14(8-10-15)18-16(19)13-5-3-12(11-17)4-6-13/h7-10,12-13H,2-6,11,17H2,1H3,(H,18,19)/t12-,13-. The molecule has 0 bridgehead atoms. The van der Waals surface area contributed by atoms with Gasteiger partial charge in [-0.15, -0.1) is 0 Å². The van der Waals surface area contributed by atoms with Gasteiger partial charge in [0.15, 0.2) is 0 Å². The Morgan fingerprint density at radius 1 is 1.25 bits per heavy atom. The van der Waals surface area contributed by atoms with Crippen molar-refractivity contribution in [1.29, 1.82) is 0 Å². The number of nitrogens with two attached hydrogens (primary N) is 1. The molecule has 1 amide bonds. The molecule has 0 aliphatic heterocycles. The molecule has 0 aromatic heterocycles. The van der Waals surface area contributed by atoms with E-state index in [-0.39, 0.29) is 11.8 Å². The van der Waals surface area contributed by atoms with Crippen molar-refractivity contribution >= 4 is 11.6 Å². The van der Waals surface area contributed by atoms with Gasteiger partial charge in [-0.1, -0.05) is 0 Å². The molecule has 0 unspecified atom stereocenters. The van der Waals surface area contributed by atoms with Crippen LogP contribution in [0.3, 0.4) is 0 Å². The van der Waals surface area contributed by atoms with E-state index in [9.17, 15) is 4.79 Å². The van der Waals surface area contributed by atoms with Crippen LogP contribution in [0, 0.1) is 11.8 Å². The minimum absolute atomic E-state index is 0.129. The summed E-state index contributed by atoms with van der Waals surface area (Å²) in [7, 11) is 0. The summed E-state index contributed by atoms with van der Waals surface area (Å²) in [4.78, 5) is 12.2. The predicted octanol–water partition coefficient (Wildman–Crippen LogP) is 2.79. The van der Waals surface area contributed by atoms with Gasteiger partial charge >= 0.3 is 0 Å². The molecule has 1 aliphatic rings. The Morgan fingerprint density at radius 3 is 2.45 bits per heavy atom. The summed E-state index contributed by atoms with van der Waals surface area (Å²) >= 11 is 0. The molecule has 3 N–H and O–H groups in total. The normalized spacial score (nSPS) is 22.3. The zero-order valence-electron chi connectivity index (χ0n) is 12.1. The van der Waals surface area contributed by atoms with Gasteiger partial charge in [0.25, 0.3) is 0 Å². The van der Waals surface area contributed by atoms with Gasteiger partial charge in [-0.05, 0) is 69.3 Å². The molecule has 4 nitrogen and oxygen atoms in total. The Bertz CT molecular complexity index is 423. The highest BCUT2D eigenvalue weighted by atomic mass is 16.5. The number of carbonyl (C=O) groups excluding carboxylic acids is 1. The average molecular weight is 276 g/mol. The second-order valence-electron chi connectivity index (χ2n) is 5.40. The van der Waals surface area contributed by atoms with E-state index >= 15 is 0 Å². The zero-order valence-corrected chi connectivity index (χ0v) is 12.1. The number of rotatable bonds is 5. The smallest absolute Gasteiger partial charge is 0.227 e. The number of benzene rings is 1. The highest BCUT2D eigenvalue weighted by Crippen LogP contribution is 2.29. The van der Waals surface area contributed by atoms with E-state index in [0.717, 1.165) is 43.7 Å². The van der Waals surface area contributed by atoms with Crippen LogP contribution in [-0.4, -0.2) is 19.1 Å². The van der Waals surface area contributed by atoms with Crippen molar-refractivity contribution in [3.63, 3.8) is 0 Å². The van der Waals surface area contributed by atoms with Crippen LogP contribution < -0.4 is 15.8 Å². The third-order valence-electron chi connectivity index (χ3n) is 3.98. The molecule has 1 aromatic rings. The molecule has 0 atom stereocenters. The molecule has 4 heteroatoms. The first-order valence-electron chi connectivity index (χ1n) is 7.46. The molecule has 110 valence electrons. The van der Waals surface area contributed by atoms with E-state index in [4.69, 9.17) is 10.5 Å². The first-order chi connectivity index (χ1) is 9.72. The van der Waals surface area contributed by atoms with Crippen molar-refractivity contribution in [1.82, 2.24) is 0 Å². The fraction of sp³-hybridized carbons (Fsp3) is 0.562. The predicted molar refractivity (Wildman–Crippen MR) is 80.7 cm³/mol. The van der Waals surface area contributed by atoms with E-state index in [2.05, 4.69) is 5.32 Å². The molecular formula is C16H24N2O2. The van der Waals surface area contributed by atoms with Gasteiger partial charge in [0.05, 0.1) is 6.61 Å². The lowest BCUT2D eigenvalue weighted by atomic mass is 9.81. The molecular weight excluding hydrogens is 252 g/mol. The van der Waals surface area contributed by atoms with Crippen LogP contribution in [0.25, 0.3) is 0 Å². The van der Waals surface area contributed by atoms with Crippen molar-refractivity contribution in [3.05, 3.63) is 24.3 Å². The summed E-state index contributed by atoms with van der Waals surface area (Å²) in [5.74, 6) is 1.69. The number of anilines is 1. The SMILES string of the molecule is CCOc1ccc(NC(=O)[C@H]2CC[C@H](CN)CC2)cc1. The van der Waals surface area contributed by atoms with E-state index in [0.29, 0.717) is 12.5 Å². The molecule has 0 saturated heterocycles. The Balaban J connectivity index is 1.85. The number of hydrogen-bond acceptors (Lipinski definition) is 3. The molecule has 0 spiro atoms. The van der Waals surface area contributed by atoms with Gasteiger partial charge in [0, 0.05) is 11.6 Å². The Labute approximate surface area is 120 Å². The molecule has 2 rings (SSSR count). The maximum absolute atomic E-state index is 12.2. The van der Waals surface area contributed by atoms with Crippen molar-refractivity contribution in [3.8, 4) is 5.75 Å². The highest BCUT2D eigenvalue weighted by molar-refractivity contribution is 5.92. The van der Waals surface area contributed by atoms with Crippen molar-refractivity contribution in [2.45, 2.75) is 32.6 Å². The lowest BCUT2D eigenvalue weighted by molar-refractivity contribution is -0.121. The summed E-state index contributed by atoms with van der Waals surface area (Å²) in [6.45, 7) is 3.34. The van der Waals surface area contributed by atoms with Crippen LogP contribution in [0.15, 0.2) is 24.3 Å². The monoisotopic (exact) mass is 276 g/mol. The van der Waals surface area contributed by atoms with Gasteiger partial charge in [-0.25, -0.2) is 0 Å². The van der Waals surface area contributed by atoms with E-state index in [1.807, 2.05) is 31.2 Å². The van der Waals surface area contributed by atoms with Gasteiger partial charge in [0.2, 0.25) is 5.91 Å². The van der Waals surface area contributed by atoms with Gasteiger partial charge in [-0.3, -0.25) is 4.79 Å². The largest absolute Gasteiger partial charge is 0.494 e. The van der Waals surface area contributed by atoms with Crippen LogP contribution in [0.2, 0.25) is 0 Å². The van der Waals surface area contributed by atoms with Crippen molar-refractivity contribution < 1.29 is 9.53 Å². The first-order valence-corrected chi connectivity index (χ1v) is 7.46. The molecule has 1 aliphatic carbocycles. The van der Waals surface area contributed by atoms with Crippen molar-refractivity contribution in [2.24, 2.45) is 17.6 Å². The topological polar surface area (TPSA) is 64.3 Å². The summed E-state index contributed by atoms with van der Waals surface area (Å²) in [5.41, 5.74) is 6.51. The van der Waals surface area contributed by atoms with Crippen LogP contribution in [0.4, 0.5) is 5.69 Å². The quantitative estimate of drug-likeness (QED) is 0.869. The highest BCUT2D eigenvalue weighted by Gasteiger charge is 2.25. The second-order valence-corrected chi connectivity index (χ2v) is 5.40. The molecule has 0 heterocycles. The fourth-order valence-electron chi connectivity index (χ4n) is 2.71. The average Bonchev–Trinajstić information content (AvgIpc) is 2.49. The lowest BCUT2D eigenvalue weighted by Crippen LogP contribution is -2.29. The van der Waals surface area contributed by atoms with Gasteiger partial charge < -0.3 is 15.8 Å². The maximum Gasteiger partial charge on any atom is 0.227 e. The summed E-state index contributed by atoms with van der Waals surface area (Å²) < 4.78 is 5.38. The van der Waals surface area contributed by atoms with E-state index in [1.54, 1.807) is 0 Å². The number of ether oxygens (including phenoxy) is 1. The summed E-state index contributed by atoms with van der Waals surface area (Å²) in [5, 5.41) is 2.99. The molecule has 1 aromatic carbocycles. The second kappa shape index (κ2) is 7.29. The number of nitrogens with one attached hydrogen (secondary N) is 1. The van der Waals surface area contributed by atoms with Crippen LogP contribution in [0.1, 0.15) is 32.6 Å². The Kier molecular flexibility index (Phi) is 5.41. The summed E-state index contributed by atoms with van der Waals surface area (Å²) in [6.07, 6.45) is 4.03.